The number of carboxylic acids is 1. The summed E-state index contributed by atoms with van der Waals surface area (Å²) < 4.78 is 57.1. The molecule has 68 valence electrons. The minimum atomic E-state index is -5.87. The molecule has 0 saturated carbocycles. The van der Waals surface area contributed by atoms with Crippen molar-refractivity contribution >= 4 is 5.97 Å². The summed E-state index contributed by atoms with van der Waals surface area (Å²) in [5.41, 5.74) is 0. The quantitative estimate of drug-likeness (QED) is 0.393. The van der Waals surface area contributed by atoms with Gasteiger partial charge in [0, 0.05) is 0 Å². The third-order valence-corrected chi connectivity index (χ3v) is 0.678. The van der Waals surface area contributed by atoms with Crippen molar-refractivity contribution in [2.45, 2.75) is 12.1 Å². The third-order valence-electron chi connectivity index (χ3n) is 0.678. The lowest BCUT2D eigenvalue weighted by molar-refractivity contribution is -0.296. The fourth-order valence-corrected chi connectivity index (χ4v) is 0.200. The molecule has 2 nitrogen and oxygen atoms in total. The van der Waals surface area contributed by atoms with E-state index >= 15 is 0 Å². The summed E-state index contributed by atoms with van der Waals surface area (Å²) in [6, 6.07) is 0. The number of alkyl halides is 5. The lowest BCUT2D eigenvalue weighted by Gasteiger charge is -2.12. The maximum atomic E-state index is 11.7. The van der Waals surface area contributed by atoms with Crippen LogP contribution >= 0.6 is 0 Å². The molecule has 0 aliphatic heterocycles. The number of carbonyl (C=O) groups excluding carboxylic acids is 1. The Morgan fingerprint density at radius 1 is 1.17 bits per heavy atom. The van der Waals surface area contributed by atoms with Crippen LogP contribution < -0.4 is 5.11 Å². The fraction of sp³-hybridized carbons (Fsp3) is 0.400. The number of hydrogen-bond donors (Lipinski definition) is 0. The highest BCUT2D eigenvalue weighted by Crippen LogP contribution is 2.34. The molecule has 7 heteroatoms. The van der Waals surface area contributed by atoms with Gasteiger partial charge < -0.3 is 9.90 Å². The molecule has 0 bridgehead atoms. The van der Waals surface area contributed by atoms with Crippen LogP contribution in [-0.4, -0.2) is 18.1 Å². The zero-order valence-electron chi connectivity index (χ0n) is 5.21. The molecule has 0 aliphatic carbocycles. The van der Waals surface area contributed by atoms with Crippen LogP contribution in [0, 0.1) is 11.8 Å². The molecule has 0 amide bonds. The smallest absolute Gasteiger partial charge is 0.466 e. The second-order valence-corrected chi connectivity index (χ2v) is 1.61. The Hall–Kier alpha value is -1.32. The third kappa shape index (κ3) is 2.74. The molecule has 0 aromatic carbocycles. The van der Waals surface area contributed by atoms with E-state index in [-0.39, 0.29) is 5.92 Å². The van der Waals surface area contributed by atoms with Crippen LogP contribution in [0.3, 0.4) is 0 Å². The summed E-state index contributed by atoms with van der Waals surface area (Å²) in [4.78, 5) is 9.39. The van der Waals surface area contributed by atoms with Crippen LogP contribution in [-0.2, 0) is 4.79 Å². The van der Waals surface area contributed by atoms with Crippen molar-refractivity contribution in [3.8, 4) is 11.8 Å². The van der Waals surface area contributed by atoms with E-state index in [4.69, 9.17) is 0 Å². The largest absolute Gasteiger partial charge is 0.537 e. The van der Waals surface area contributed by atoms with Gasteiger partial charge in [-0.25, -0.2) is 0 Å². The van der Waals surface area contributed by atoms with E-state index in [1.54, 1.807) is 0 Å². The minimum absolute atomic E-state index is 0.228. The van der Waals surface area contributed by atoms with Gasteiger partial charge in [-0.1, -0.05) is 0 Å². The minimum Gasteiger partial charge on any atom is -0.537 e. The molecule has 0 aromatic heterocycles. The fourth-order valence-electron chi connectivity index (χ4n) is 0.200. The van der Waals surface area contributed by atoms with Crippen LogP contribution in [0.25, 0.3) is 0 Å². The van der Waals surface area contributed by atoms with Gasteiger partial charge in [0.15, 0.2) is 0 Å². The van der Waals surface area contributed by atoms with Crippen molar-refractivity contribution in [1.29, 1.82) is 0 Å². The summed E-state index contributed by atoms with van der Waals surface area (Å²) in [5, 5.41) is 9.39. The number of halogens is 5. The molecule has 0 saturated heterocycles. The maximum Gasteiger partial charge on any atom is 0.466 e. The lowest BCUT2D eigenvalue weighted by atomic mass is 10.3. The average Bonchev–Trinajstić information content (AvgIpc) is 1.81. The van der Waals surface area contributed by atoms with Crippen LogP contribution in [0.1, 0.15) is 0 Å². The molecule has 0 radical (unpaired) electrons. The standard InChI is InChI=1S/C5HF5O2/c6-4(7,5(8,9)10)2-1-3(11)12/h(H,11,12)/p-1. The van der Waals surface area contributed by atoms with Gasteiger partial charge in [0.1, 0.15) is 5.97 Å². The highest BCUT2D eigenvalue weighted by molar-refractivity contribution is 5.84. The highest BCUT2D eigenvalue weighted by atomic mass is 19.4. The molecule has 0 fully saturated rings. The van der Waals surface area contributed by atoms with Crippen molar-refractivity contribution in [3.05, 3.63) is 0 Å². The predicted octanol–water partition coefficient (Wildman–Crippen LogP) is -0.0627. The van der Waals surface area contributed by atoms with Gasteiger partial charge in [0.25, 0.3) is 0 Å². The Labute approximate surface area is 63.0 Å². The summed E-state index contributed by atoms with van der Waals surface area (Å²) in [5.74, 6) is -6.80. The van der Waals surface area contributed by atoms with Gasteiger partial charge in [-0.3, -0.25) is 0 Å². The van der Waals surface area contributed by atoms with Crippen LogP contribution in [0.2, 0.25) is 0 Å². The van der Waals surface area contributed by atoms with Crippen LogP contribution in [0.4, 0.5) is 22.0 Å². The van der Waals surface area contributed by atoms with E-state index in [1.165, 1.54) is 0 Å². The zero-order valence-corrected chi connectivity index (χ0v) is 5.21. The Balaban J connectivity index is 4.69. The van der Waals surface area contributed by atoms with E-state index in [1.807, 2.05) is 0 Å². The molecule has 12 heavy (non-hydrogen) atoms. The van der Waals surface area contributed by atoms with Gasteiger partial charge in [0.05, 0.1) is 0 Å². The predicted molar refractivity (Wildman–Crippen MR) is 23.8 cm³/mol. The van der Waals surface area contributed by atoms with Gasteiger partial charge >= 0.3 is 12.1 Å². The van der Waals surface area contributed by atoms with Crippen molar-refractivity contribution in [3.63, 3.8) is 0 Å². The molecule has 0 aromatic rings. The van der Waals surface area contributed by atoms with Crippen molar-refractivity contribution < 1.29 is 31.9 Å². The molecule has 0 heterocycles. The second kappa shape index (κ2) is 2.97. The van der Waals surface area contributed by atoms with E-state index in [0.29, 0.717) is 5.92 Å². The van der Waals surface area contributed by atoms with E-state index in [9.17, 15) is 31.9 Å². The van der Waals surface area contributed by atoms with Gasteiger partial charge in [-0.2, -0.15) is 22.0 Å². The second-order valence-electron chi connectivity index (χ2n) is 1.61. The molecular weight excluding hydrogens is 187 g/mol. The van der Waals surface area contributed by atoms with Crippen molar-refractivity contribution in [1.82, 2.24) is 0 Å². The Kier molecular flexibility index (Phi) is 2.64. The van der Waals surface area contributed by atoms with E-state index in [2.05, 4.69) is 0 Å². The van der Waals surface area contributed by atoms with Crippen molar-refractivity contribution in [2.75, 3.05) is 0 Å². The van der Waals surface area contributed by atoms with Gasteiger partial charge in [-0.15, -0.1) is 0 Å². The van der Waals surface area contributed by atoms with Crippen LogP contribution in [0.5, 0.6) is 0 Å². The summed E-state index contributed by atoms with van der Waals surface area (Å²) >= 11 is 0. The summed E-state index contributed by atoms with van der Waals surface area (Å²) in [7, 11) is 0. The van der Waals surface area contributed by atoms with E-state index in [0.717, 1.165) is 0 Å². The molecule has 0 N–H and O–H groups in total. The normalized spacial score (nSPS) is 11.8. The first-order chi connectivity index (χ1) is 5.17. The first-order valence-corrected chi connectivity index (χ1v) is 2.35. The number of hydrogen-bond acceptors (Lipinski definition) is 2. The summed E-state index contributed by atoms with van der Waals surface area (Å²) in [6.45, 7) is 0. The Morgan fingerprint density at radius 3 is 1.83 bits per heavy atom. The zero-order chi connectivity index (χ0) is 9.99. The van der Waals surface area contributed by atoms with Gasteiger partial charge in [-0.05, 0) is 11.8 Å². The van der Waals surface area contributed by atoms with Crippen LogP contribution in [0.15, 0.2) is 0 Å². The molecule has 0 atom stereocenters. The Bertz CT molecular complexity index is 243. The molecular formula is C5F5O2-. The number of carboxylic acid groups (broad SMARTS) is 1. The first kappa shape index (κ1) is 10.7. The SMILES string of the molecule is O=C([O-])C#CC(F)(F)C(F)(F)F. The van der Waals surface area contributed by atoms with Crippen molar-refractivity contribution in [2.24, 2.45) is 0 Å². The topological polar surface area (TPSA) is 40.1 Å². The summed E-state index contributed by atoms with van der Waals surface area (Å²) in [6.07, 6.45) is -5.87. The Morgan fingerprint density at radius 2 is 1.58 bits per heavy atom. The number of carbonyl (C=O) groups is 1. The molecule has 0 unspecified atom stereocenters. The first-order valence-electron chi connectivity index (χ1n) is 2.35. The molecule has 0 spiro atoms. The molecule has 0 aliphatic rings. The number of rotatable bonds is 0. The molecule has 0 rings (SSSR count). The van der Waals surface area contributed by atoms with E-state index < -0.39 is 18.1 Å². The van der Waals surface area contributed by atoms with Gasteiger partial charge in [0.2, 0.25) is 0 Å². The number of aliphatic carboxylic acids is 1. The average molecular weight is 187 g/mol. The highest BCUT2D eigenvalue weighted by Gasteiger charge is 2.56. The monoisotopic (exact) mass is 187 g/mol. The maximum absolute atomic E-state index is 11.7. The lowest BCUT2D eigenvalue weighted by Crippen LogP contribution is -2.35.